The number of rotatable bonds is 11. The van der Waals surface area contributed by atoms with Gasteiger partial charge in [-0.05, 0) is 67.3 Å². The van der Waals surface area contributed by atoms with Crippen LogP contribution in [0.2, 0.25) is 0 Å². The van der Waals surface area contributed by atoms with Crippen LogP contribution in [0.1, 0.15) is 42.9 Å². The van der Waals surface area contributed by atoms with Gasteiger partial charge in [0.15, 0.2) is 0 Å². The first-order valence-corrected chi connectivity index (χ1v) is 14.0. The monoisotopic (exact) mass is 527 g/mol. The number of carbonyl (C=O) groups is 2. The second-order valence-corrected chi connectivity index (χ2v) is 11.2. The van der Waals surface area contributed by atoms with Crippen LogP contribution in [0.4, 0.5) is 4.39 Å². The molecule has 1 aliphatic heterocycles. The van der Waals surface area contributed by atoms with Crippen molar-refractivity contribution in [2.45, 2.75) is 43.6 Å². The van der Waals surface area contributed by atoms with Gasteiger partial charge in [-0.1, -0.05) is 72.8 Å². The fraction of sp³-hybridized carbons (Fsp3) is 0.394. The lowest BCUT2D eigenvalue weighted by atomic mass is 9.80. The summed E-state index contributed by atoms with van der Waals surface area (Å²) in [7, 11) is 0. The smallest absolute Gasteiger partial charge is 0.231 e. The molecule has 5 rings (SSSR count). The first-order chi connectivity index (χ1) is 18.9. The van der Waals surface area contributed by atoms with Gasteiger partial charge in [0, 0.05) is 31.7 Å². The highest BCUT2D eigenvalue weighted by Gasteiger charge is 2.61. The molecule has 2 N–H and O–H groups in total. The first-order valence-electron chi connectivity index (χ1n) is 14.0. The Morgan fingerprint density at radius 2 is 1.51 bits per heavy atom. The number of Topliss-reactive ketones (excluding diaryl/α,β-unsaturated/α-hetero) is 1. The maximum atomic E-state index is 13.6. The summed E-state index contributed by atoms with van der Waals surface area (Å²) in [5, 5.41) is 6.76. The van der Waals surface area contributed by atoms with Crippen molar-refractivity contribution in [2.24, 2.45) is 5.92 Å². The van der Waals surface area contributed by atoms with Gasteiger partial charge in [0.1, 0.15) is 11.6 Å². The summed E-state index contributed by atoms with van der Waals surface area (Å²) in [4.78, 5) is 27.9. The van der Waals surface area contributed by atoms with E-state index in [0.717, 1.165) is 50.0 Å². The van der Waals surface area contributed by atoms with Crippen molar-refractivity contribution >= 4 is 11.7 Å². The largest absolute Gasteiger partial charge is 0.355 e. The molecule has 0 spiro atoms. The van der Waals surface area contributed by atoms with Crippen LogP contribution < -0.4 is 10.6 Å². The molecular weight excluding hydrogens is 489 g/mol. The molecule has 0 bridgehead atoms. The van der Waals surface area contributed by atoms with Gasteiger partial charge in [-0.3, -0.25) is 9.59 Å². The number of nitrogens with one attached hydrogen (secondary N) is 2. The van der Waals surface area contributed by atoms with Gasteiger partial charge in [-0.15, -0.1) is 0 Å². The Bertz CT molecular complexity index is 1260. The number of nitrogens with zero attached hydrogens (tertiary/aromatic N) is 1. The summed E-state index contributed by atoms with van der Waals surface area (Å²) >= 11 is 0. The zero-order valence-corrected chi connectivity index (χ0v) is 22.7. The normalized spacial score (nSPS) is 22.3. The Kier molecular flexibility index (Phi) is 8.24. The first kappa shape index (κ1) is 27.2. The number of likely N-dealkylation sites (tertiary alicyclic amines) is 1. The van der Waals surface area contributed by atoms with Crippen molar-refractivity contribution in [3.8, 4) is 0 Å². The van der Waals surface area contributed by atoms with E-state index >= 15 is 0 Å². The van der Waals surface area contributed by atoms with Gasteiger partial charge in [-0.2, -0.15) is 0 Å². The standard InChI is InChI=1S/C33H38FN3O2/c1-25(38)23-36-32(27-8-4-2-5-9-27)17-20-37(21-18-32)24-29-22-33(29,28-10-6-3-7-11-28)31(39)35-19-16-26-12-14-30(34)15-13-26/h2-15,29,36H,16-24H2,1H3,(H,35,39). The quantitative estimate of drug-likeness (QED) is 0.382. The van der Waals surface area contributed by atoms with E-state index in [1.165, 1.54) is 17.7 Å². The van der Waals surface area contributed by atoms with E-state index in [2.05, 4.69) is 51.9 Å². The minimum Gasteiger partial charge on any atom is -0.355 e. The number of hydrogen-bond donors (Lipinski definition) is 2. The predicted molar refractivity (Wildman–Crippen MR) is 152 cm³/mol. The van der Waals surface area contributed by atoms with Crippen LogP contribution in [0.3, 0.4) is 0 Å². The van der Waals surface area contributed by atoms with Crippen LogP contribution >= 0.6 is 0 Å². The number of piperidine rings is 1. The highest BCUT2D eigenvalue weighted by molar-refractivity contribution is 5.92. The third-order valence-electron chi connectivity index (χ3n) is 8.60. The Morgan fingerprint density at radius 3 is 2.13 bits per heavy atom. The van der Waals surface area contributed by atoms with E-state index in [1.807, 2.05) is 24.3 Å². The second-order valence-electron chi connectivity index (χ2n) is 11.2. The third-order valence-corrected chi connectivity index (χ3v) is 8.60. The fourth-order valence-corrected chi connectivity index (χ4v) is 6.22. The summed E-state index contributed by atoms with van der Waals surface area (Å²) in [5.41, 5.74) is 2.60. The van der Waals surface area contributed by atoms with Crippen LogP contribution in [-0.2, 0) is 27.0 Å². The van der Waals surface area contributed by atoms with Gasteiger partial charge in [0.25, 0.3) is 0 Å². The molecule has 2 atom stereocenters. The summed E-state index contributed by atoms with van der Waals surface area (Å²) in [5.74, 6) is 0.225. The summed E-state index contributed by atoms with van der Waals surface area (Å²) in [6, 6.07) is 27.1. The van der Waals surface area contributed by atoms with E-state index in [1.54, 1.807) is 19.1 Å². The molecule has 5 nitrogen and oxygen atoms in total. The Labute approximate surface area is 230 Å². The molecule has 0 radical (unpaired) electrons. The molecule has 6 heteroatoms. The van der Waals surface area contributed by atoms with Gasteiger partial charge >= 0.3 is 0 Å². The third kappa shape index (κ3) is 6.13. The average Bonchev–Trinajstić information content (AvgIpc) is 3.69. The lowest BCUT2D eigenvalue weighted by Crippen LogP contribution is -2.52. The van der Waals surface area contributed by atoms with Crippen molar-refractivity contribution < 1.29 is 14.0 Å². The lowest BCUT2D eigenvalue weighted by Gasteiger charge is -2.43. The van der Waals surface area contributed by atoms with Gasteiger partial charge in [-0.25, -0.2) is 4.39 Å². The van der Waals surface area contributed by atoms with Gasteiger partial charge in [0.2, 0.25) is 5.91 Å². The highest BCUT2D eigenvalue weighted by atomic mass is 19.1. The lowest BCUT2D eigenvalue weighted by molar-refractivity contribution is -0.124. The van der Waals surface area contributed by atoms with Crippen molar-refractivity contribution in [1.29, 1.82) is 0 Å². The fourth-order valence-electron chi connectivity index (χ4n) is 6.22. The minimum atomic E-state index is -0.509. The van der Waals surface area contributed by atoms with E-state index in [4.69, 9.17) is 0 Å². The van der Waals surface area contributed by atoms with Crippen LogP contribution in [0.25, 0.3) is 0 Å². The number of carbonyl (C=O) groups excluding carboxylic acids is 2. The molecule has 1 aliphatic carbocycles. The molecule has 39 heavy (non-hydrogen) atoms. The second kappa shape index (κ2) is 11.8. The Hall–Kier alpha value is -3.35. The molecule has 2 aliphatic rings. The summed E-state index contributed by atoms with van der Waals surface area (Å²) in [6.07, 6.45) is 3.34. The maximum absolute atomic E-state index is 13.6. The SMILES string of the molecule is CC(=O)CNC1(c2ccccc2)CCN(CC2CC2(C(=O)NCCc2ccc(F)cc2)c2ccccc2)CC1. The average molecular weight is 528 g/mol. The van der Waals surface area contributed by atoms with E-state index in [9.17, 15) is 14.0 Å². The predicted octanol–water partition coefficient (Wildman–Crippen LogP) is 4.61. The van der Waals surface area contributed by atoms with Crippen molar-refractivity contribution in [3.63, 3.8) is 0 Å². The number of halogens is 1. The van der Waals surface area contributed by atoms with Crippen molar-refractivity contribution in [2.75, 3.05) is 32.7 Å². The molecule has 1 heterocycles. The molecule has 204 valence electrons. The Morgan fingerprint density at radius 1 is 0.897 bits per heavy atom. The summed E-state index contributed by atoms with van der Waals surface area (Å²) in [6.45, 7) is 5.21. The Balaban J connectivity index is 1.23. The van der Waals surface area contributed by atoms with Crippen LogP contribution in [0.15, 0.2) is 84.9 Å². The van der Waals surface area contributed by atoms with E-state index < -0.39 is 5.41 Å². The van der Waals surface area contributed by atoms with Crippen LogP contribution in [-0.4, -0.2) is 49.3 Å². The van der Waals surface area contributed by atoms with E-state index in [0.29, 0.717) is 19.5 Å². The topological polar surface area (TPSA) is 61.4 Å². The molecule has 1 saturated heterocycles. The molecule has 1 saturated carbocycles. The molecule has 2 unspecified atom stereocenters. The van der Waals surface area contributed by atoms with Gasteiger partial charge in [0.05, 0.1) is 12.0 Å². The zero-order valence-electron chi connectivity index (χ0n) is 22.7. The van der Waals surface area contributed by atoms with E-state index in [-0.39, 0.29) is 29.0 Å². The molecule has 1 amide bonds. The van der Waals surface area contributed by atoms with Gasteiger partial charge < -0.3 is 15.5 Å². The number of amides is 1. The number of ketones is 1. The summed E-state index contributed by atoms with van der Waals surface area (Å²) < 4.78 is 13.2. The molecular formula is C33H38FN3O2. The van der Waals surface area contributed by atoms with Crippen molar-refractivity contribution in [3.05, 3.63) is 107 Å². The minimum absolute atomic E-state index is 0.0829. The number of hydrogen-bond acceptors (Lipinski definition) is 4. The molecule has 3 aromatic rings. The van der Waals surface area contributed by atoms with Crippen molar-refractivity contribution in [1.82, 2.24) is 15.5 Å². The number of benzene rings is 3. The molecule has 2 fully saturated rings. The van der Waals surface area contributed by atoms with Crippen LogP contribution in [0.5, 0.6) is 0 Å². The van der Waals surface area contributed by atoms with Crippen LogP contribution in [0, 0.1) is 11.7 Å². The zero-order chi connectivity index (χ0) is 27.3. The molecule has 0 aromatic heterocycles. The highest BCUT2D eigenvalue weighted by Crippen LogP contribution is 2.55. The molecule has 3 aromatic carbocycles. The maximum Gasteiger partial charge on any atom is 0.231 e.